The van der Waals surface area contributed by atoms with Crippen LogP contribution in [0.3, 0.4) is 0 Å². The minimum absolute atomic E-state index is 0.373. The van der Waals surface area contributed by atoms with Gasteiger partial charge in [0.05, 0.1) is 0 Å². The molecule has 1 atom stereocenters. The summed E-state index contributed by atoms with van der Waals surface area (Å²) < 4.78 is 0. The predicted octanol–water partition coefficient (Wildman–Crippen LogP) is 2.56. The molecule has 1 amide bonds. The molecule has 0 unspecified atom stereocenters. The van der Waals surface area contributed by atoms with Crippen LogP contribution in [-0.2, 0) is 11.2 Å². The highest BCUT2D eigenvalue weighted by Crippen LogP contribution is 2.15. The van der Waals surface area contributed by atoms with Crippen LogP contribution in [0, 0.1) is 0 Å². The number of aliphatic hydroxyl groups excluding tert-OH is 1. The van der Waals surface area contributed by atoms with Crippen molar-refractivity contribution in [3.05, 3.63) is 71.9 Å². The molecule has 0 spiro atoms. The third-order valence-corrected chi connectivity index (χ3v) is 3.64. The topological polar surface area (TPSA) is 65.1 Å². The van der Waals surface area contributed by atoms with Crippen molar-refractivity contribution in [2.24, 2.45) is 0 Å². The minimum Gasteiger partial charge on any atom is -0.378 e. The van der Waals surface area contributed by atoms with Gasteiger partial charge in [0, 0.05) is 24.2 Å². The number of rotatable bonds is 5. The lowest BCUT2D eigenvalue weighted by Crippen LogP contribution is -2.31. The summed E-state index contributed by atoms with van der Waals surface area (Å²) in [7, 11) is 0. The van der Waals surface area contributed by atoms with E-state index < -0.39 is 6.10 Å². The van der Waals surface area contributed by atoms with E-state index in [2.05, 4.69) is 16.4 Å². The standard InChI is InChI=1S/C18H18N2O2/c21-17(13-6-2-1-3-7-13)18(22)19-11-10-15-12-14-8-4-5-9-16(14)20-15/h1-9,12,17,20-21H,10-11H2,(H,19,22)/t17-/m0/s1. The molecule has 4 heteroatoms. The van der Waals surface area contributed by atoms with Crippen LogP contribution < -0.4 is 5.32 Å². The van der Waals surface area contributed by atoms with E-state index in [1.54, 1.807) is 24.3 Å². The lowest BCUT2D eigenvalue weighted by atomic mass is 10.1. The van der Waals surface area contributed by atoms with Crippen LogP contribution >= 0.6 is 0 Å². The first-order valence-corrected chi connectivity index (χ1v) is 7.31. The van der Waals surface area contributed by atoms with Crippen LogP contribution in [0.4, 0.5) is 0 Å². The first kappa shape index (κ1) is 14.4. The van der Waals surface area contributed by atoms with Crippen molar-refractivity contribution in [3.63, 3.8) is 0 Å². The molecule has 0 saturated carbocycles. The molecule has 1 heterocycles. The van der Waals surface area contributed by atoms with Gasteiger partial charge in [0.1, 0.15) is 0 Å². The van der Waals surface area contributed by atoms with Gasteiger partial charge >= 0.3 is 0 Å². The summed E-state index contributed by atoms with van der Waals surface area (Å²) in [4.78, 5) is 15.3. The number of H-pyrrole nitrogens is 1. The Morgan fingerprint density at radius 1 is 1.09 bits per heavy atom. The first-order chi connectivity index (χ1) is 10.7. The summed E-state index contributed by atoms with van der Waals surface area (Å²) in [5.41, 5.74) is 2.76. The van der Waals surface area contributed by atoms with E-state index in [0.29, 0.717) is 18.5 Å². The third kappa shape index (κ3) is 3.18. The van der Waals surface area contributed by atoms with E-state index in [9.17, 15) is 9.90 Å². The van der Waals surface area contributed by atoms with Crippen LogP contribution in [0.1, 0.15) is 17.4 Å². The molecule has 4 nitrogen and oxygen atoms in total. The fourth-order valence-electron chi connectivity index (χ4n) is 2.47. The maximum Gasteiger partial charge on any atom is 0.253 e. The summed E-state index contributed by atoms with van der Waals surface area (Å²) in [6.07, 6.45) is -0.425. The molecule has 0 fully saturated rings. The Hall–Kier alpha value is -2.59. The molecule has 0 aliphatic carbocycles. The van der Waals surface area contributed by atoms with Crippen LogP contribution in [0.2, 0.25) is 0 Å². The highest BCUT2D eigenvalue weighted by Gasteiger charge is 2.16. The van der Waals surface area contributed by atoms with Gasteiger partial charge in [0.25, 0.3) is 5.91 Å². The van der Waals surface area contributed by atoms with Crippen molar-refractivity contribution < 1.29 is 9.90 Å². The Labute approximate surface area is 128 Å². The van der Waals surface area contributed by atoms with E-state index in [1.807, 2.05) is 30.3 Å². The van der Waals surface area contributed by atoms with Gasteiger partial charge in [-0.05, 0) is 23.1 Å². The number of carbonyl (C=O) groups excluding carboxylic acids is 1. The molecule has 1 aromatic heterocycles. The quantitative estimate of drug-likeness (QED) is 0.677. The van der Waals surface area contributed by atoms with Crippen molar-refractivity contribution in [2.75, 3.05) is 6.54 Å². The van der Waals surface area contributed by atoms with Crippen LogP contribution in [0.15, 0.2) is 60.7 Å². The van der Waals surface area contributed by atoms with Crippen molar-refractivity contribution in [1.82, 2.24) is 10.3 Å². The first-order valence-electron chi connectivity index (χ1n) is 7.31. The largest absolute Gasteiger partial charge is 0.378 e. The van der Waals surface area contributed by atoms with Crippen molar-refractivity contribution in [1.29, 1.82) is 0 Å². The molecule has 3 N–H and O–H groups in total. The van der Waals surface area contributed by atoms with Crippen molar-refractivity contribution >= 4 is 16.8 Å². The molecule has 3 aromatic rings. The highest BCUT2D eigenvalue weighted by molar-refractivity contribution is 5.82. The Morgan fingerprint density at radius 3 is 2.59 bits per heavy atom. The van der Waals surface area contributed by atoms with Crippen molar-refractivity contribution in [3.8, 4) is 0 Å². The minimum atomic E-state index is -1.12. The van der Waals surface area contributed by atoms with E-state index in [0.717, 1.165) is 16.6 Å². The second kappa shape index (κ2) is 6.45. The van der Waals surface area contributed by atoms with E-state index in [-0.39, 0.29) is 5.91 Å². The number of carbonyl (C=O) groups is 1. The molecule has 0 bridgehead atoms. The highest BCUT2D eigenvalue weighted by atomic mass is 16.3. The zero-order chi connectivity index (χ0) is 15.4. The van der Waals surface area contributed by atoms with Gasteiger partial charge in [-0.2, -0.15) is 0 Å². The zero-order valence-corrected chi connectivity index (χ0v) is 12.1. The maximum atomic E-state index is 11.9. The predicted molar refractivity (Wildman–Crippen MR) is 86.4 cm³/mol. The second-order valence-electron chi connectivity index (χ2n) is 5.24. The van der Waals surface area contributed by atoms with Gasteiger partial charge < -0.3 is 15.4 Å². The summed E-state index contributed by atoms with van der Waals surface area (Å²) in [5, 5.41) is 13.9. The number of hydrogen-bond acceptors (Lipinski definition) is 2. The monoisotopic (exact) mass is 294 g/mol. The zero-order valence-electron chi connectivity index (χ0n) is 12.1. The summed E-state index contributed by atoms with van der Waals surface area (Å²) in [6, 6.07) is 19.1. The van der Waals surface area contributed by atoms with E-state index >= 15 is 0 Å². The number of amides is 1. The van der Waals surface area contributed by atoms with Crippen LogP contribution in [-0.4, -0.2) is 22.5 Å². The number of nitrogens with one attached hydrogen (secondary N) is 2. The van der Waals surface area contributed by atoms with Gasteiger partial charge in [-0.1, -0.05) is 48.5 Å². The molecular formula is C18H18N2O2. The normalized spacial score (nSPS) is 12.2. The van der Waals surface area contributed by atoms with Gasteiger partial charge in [0.2, 0.25) is 0 Å². The van der Waals surface area contributed by atoms with Gasteiger partial charge in [-0.3, -0.25) is 4.79 Å². The van der Waals surface area contributed by atoms with Crippen molar-refractivity contribution in [2.45, 2.75) is 12.5 Å². The van der Waals surface area contributed by atoms with Crippen LogP contribution in [0.5, 0.6) is 0 Å². The fraction of sp³-hybridized carbons (Fsp3) is 0.167. The molecule has 2 aromatic carbocycles. The second-order valence-corrected chi connectivity index (χ2v) is 5.24. The lowest BCUT2D eigenvalue weighted by molar-refractivity contribution is -0.129. The Morgan fingerprint density at radius 2 is 1.82 bits per heavy atom. The average molecular weight is 294 g/mol. The third-order valence-electron chi connectivity index (χ3n) is 3.64. The number of aromatic amines is 1. The van der Waals surface area contributed by atoms with Gasteiger partial charge in [0.15, 0.2) is 6.10 Å². The number of benzene rings is 2. The number of para-hydroxylation sites is 1. The summed E-state index contributed by atoms with van der Waals surface area (Å²) in [6.45, 7) is 0.482. The Kier molecular flexibility index (Phi) is 4.21. The number of aromatic nitrogens is 1. The smallest absolute Gasteiger partial charge is 0.253 e. The molecule has 3 rings (SSSR count). The SMILES string of the molecule is O=C(NCCc1cc2ccccc2[nH]1)[C@@H](O)c1ccccc1. The Balaban J connectivity index is 1.55. The number of aliphatic hydroxyl groups is 1. The fourth-order valence-corrected chi connectivity index (χ4v) is 2.47. The molecule has 0 radical (unpaired) electrons. The van der Waals surface area contributed by atoms with Gasteiger partial charge in [-0.25, -0.2) is 0 Å². The van der Waals surface area contributed by atoms with Gasteiger partial charge in [-0.15, -0.1) is 0 Å². The Bertz CT molecular complexity index is 732. The molecule has 22 heavy (non-hydrogen) atoms. The summed E-state index contributed by atoms with van der Waals surface area (Å²) in [5.74, 6) is -0.373. The molecular weight excluding hydrogens is 276 g/mol. The maximum absolute atomic E-state index is 11.9. The van der Waals surface area contributed by atoms with Crippen LogP contribution in [0.25, 0.3) is 10.9 Å². The molecule has 0 aliphatic rings. The number of hydrogen-bond donors (Lipinski definition) is 3. The molecule has 0 aliphatic heterocycles. The van der Waals surface area contributed by atoms with E-state index in [1.165, 1.54) is 0 Å². The average Bonchev–Trinajstić information content (AvgIpc) is 2.97. The summed E-state index contributed by atoms with van der Waals surface area (Å²) >= 11 is 0. The lowest BCUT2D eigenvalue weighted by Gasteiger charge is -2.11. The molecule has 112 valence electrons. The molecule has 0 saturated heterocycles. The van der Waals surface area contributed by atoms with E-state index in [4.69, 9.17) is 0 Å². The number of fused-ring (bicyclic) bond motifs is 1.